The number of rotatable bonds is 10. The van der Waals surface area contributed by atoms with Crippen molar-refractivity contribution in [3.05, 3.63) is 34.3 Å². The molecule has 3 rings (SSSR count). The van der Waals surface area contributed by atoms with Crippen molar-refractivity contribution in [1.82, 2.24) is 25.3 Å². The first kappa shape index (κ1) is 41.0. The minimum absolute atomic E-state index is 0. The first-order chi connectivity index (χ1) is 21.0. The van der Waals surface area contributed by atoms with E-state index in [1.807, 2.05) is 19.1 Å². The summed E-state index contributed by atoms with van der Waals surface area (Å²) in [6, 6.07) is 3.26. The number of terminal acetylenes is 2. The quantitative estimate of drug-likeness (QED) is 0.216. The van der Waals surface area contributed by atoms with E-state index in [1.54, 1.807) is 15.9 Å². The molecule has 2 amide bonds. The van der Waals surface area contributed by atoms with Gasteiger partial charge in [-0.25, -0.2) is 9.59 Å². The third kappa shape index (κ3) is 12.8. The number of carboxylic acid groups (broad SMARTS) is 2. The number of aryl methyl sites for hydroxylation is 1. The van der Waals surface area contributed by atoms with Crippen LogP contribution in [0.2, 0.25) is 5.02 Å². The average molecular weight is 666 g/mol. The largest absolute Gasteiger partial charge is 0.481 e. The lowest BCUT2D eigenvalue weighted by molar-refractivity contribution is -0.145. The second-order valence-corrected chi connectivity index (χ2v) is 10.9. The first-order valence-corrected chi connectivity index (χ1v) is 14.5. The molecular weight excluding hydrogens is 622 g/mol. The van der Waals surface area contributed by atoms with Crippen LogP contribution in [-0.4, -0.2) is 118 Å². The highest BCUT2D eigenvalue weighted by Crippen LogP contribution is 2.22. The fraction of sp³-hybridized carbons (Fsp3) is 0.516. The van der Waals surface area contributed by atoms with Crippen LogP contribution in [0.1, 0.15) is 37.8 Å². The van der Waals surface area contributed by atoms with Crippen molar-refractivity contribution in [2.45, 2.75) is 58.2 Å². The minimum atomic E-state index is -1.42. The first-order valence-electron chi connectivity index (χ1n) is 13.8. The molecule has 0 spiro atoms. The highest BCUT2D eigenvalue weighted by Gasteiger charge is 2.40. The lowest BCUT2D eigenvalue weighted by atomic mass is 10.0. The zero-order valence-corrected chi connectivity index (χ0v) is 26.5. The van der Waals surface area contributed by atoms with Crippen LogP contribution in [0.3, 0.4) is 0 Å². The Morgan fingerprint density at radius 2 is 1.67 bits per heavy atom. The Morgan fingerprint density at radius 3 is 2.20 bits per heavy atom. The molecule has 2 aliphatic heterocycles. The zero-order valence-electron chi connectivity index (χ0n) is 24.9. The molecule has 12 nitrogen and oxygen atoms in total. The number of aliphatic carboxylic acids is 2. The number of hydrogen-bond acceptors (Lipinski definition) is 7. The summed E-state index contributed by atoms with van der Waals surface area (Å²) in [5.41, 5.74) is 1.71. The molecule has 2 aliphatic rings. The number of amides is 2. The fourth-order valence-corrected chi connectivity index (χ4v) is 5.42. The maximum Gasteiger partial charge on any atom is 0.409 e. The van der Waals surface area contributed by atoms with Crippen molar-refractivity contribution in [2.24, 2.45) is 0 Å². The van der Waals surface area contributed by atoms with Crippen molar-refractivity contribution in [3.8, 4) is 25.7 Å². The van der Waals surface area contributed by atoms with Crippen molar-refractivity contribution in [2.75, 3.05) is 46.4 Å². The molecule has 0 aromatic heterocycles. The number of methoxy groups -OCH3 is 1. The molecule has 0 radical (unpaired) electrons. The molecule has 3 atom stereocenters. The highest BCUT2D eigenvalue weighted by molar-refractivity contribution is 7.80. The smallest absolute Gasteiger partial charge is 0.409 e. The molecule has 2 saturated heterocycles. The molecule has 248 valence electrons. The SMILES string of the molecule is C.C#C.C#C.COC(=O)N1C[C@@H](CN2CCCC2)N(C(=O)Cc2ccc(Cl)c(C)c2)C[C@H]1CNC(=S)N[C@@H](CC(=O)O)C(=O)O. The van der Waals surface area contributed by atoms with E-state index in [4.69, 9.17) is 33.7 Å². The molecule has 0 saturated carbocycles. The number of nitrogens with zero attached hydrogens (tertiary/aromatic N) is 3. The highest BCUT2D eigenvalue weighted by atomic mass is 35.5. The van der Waals surface area contributed by atoms with E-state index in [0.717, 1.165) is 37.1 Å². The number of hydrogen-bond donors (Lipinski definition) is 4. The molecule has 0 aliphatic carbocycles. The molecular formula is C31H44ClN5O7S. The minimum Gasteiger partial charge on any atom is -0.481 e. The molecule has 4 N–H and O–H groups in total. The van der Waals surface area contributed by atoms with Crippen LogP contribution in [0.15, 0.2) is 18.2 Å². The number of carboxylic acids is 2. The number of carbonyl (C=O) groups is 4. The number of halogens is 1. The average Bonchev–Trinajstić information content (AvgIpc) is 3.52. The van der Waals surface area contributed by atoms with Crippen molar-refractivity contribution >= 4 is 52.9 Å². The number of carbonyl (C=O) groups excluding carboxylic acids is 2. The topological polar surface area (TPSA) is 152 Å². The third-order valence-electron chi connectivity index (χ3n) is 7.15. The summed E-state index contributed by atoms with van der Waals surface area (Å²) in [4.78, 5) is 54.5. The van der Waals surface area contributed by atoms with Crippen LogP contribution in [-0.2, 0) is 25.5 Å². The second kappa shape index (κ2) is 20.8. The van der Waals surface area contributed by atoms with Gasteiger partial charge >= 0.3 is 18.0 Å². The molecule has 2 fully saturated rings. The molecule has 2 heterocycles. The van der Waals surface area contributed by atoms with Gasteiger partial charge in [-0.15, -0.1) is 25.7 Å². The molecule has 1 aromatic carbocycles. The Morgan fingerprint density at radius 1 is 1.07 bits per heavy atom. The number of nitrogens with one attached hydrogen (secondary N) is 2. The van der Waals surface area contributed by atoms with Gasteiger partial charge < -0.3 is 35.4 Å². The molecule has 0 unspecified atom stereocenters. The molecule has 1 aromatic rings. The maximum absolute atomic E-state index is 13.7. The molecule has 45 heavy (non-hydrogen) atoms. The van der Waals surface area contributed by atoms with E-state index in [0.29, 0.717) is 11.6 Å². The predicted molar refractivity (Wildman–Crippen MR) is 178 cm³/mol. The summed E-state index contributed by atoms with van der Waals surface area (Å²) >= 11 is 11.4. The summed E-state index contributed by atoms with van der Waals surface area (Å²) in [6.07, 6.45) is 17.1. The lowest BCUT2D eigenvalue weighted by Crippen LogP contribution is -2.66. The van der Waals surface area contributed by atoms with Crippen LogP contribution in [0.4, 0.5) is 4.79 Å². The number of likely N-dealkylation sites (tertiary alicyclic amines) is 1. The summed E-state index contributed by atoms with van der Waals surface area (Å²) in [5.74, 6) is -2.74. The van der Waals surface area contributed by atoms with Crippen LogP contribution >= 0.6 is 23.8 Å². The zero-order chi connectivity index (χ0) is 33.4. The van der Waals surface area contributed by atoms with E-state index in [1.165, 1.54) is 7.11 Å². The van der Waals surface area contributed by atoms with Gasteiger partial charge in [-0.05, 0) is 62.3 Å². The van der Waals surface area contributed by atoms with Gasteiger partial charge in [-0.2, -0.15) is 0 Å². The van der Waals surface area contributed by atoms with Gasteiger partial charge in [-0.3, -0.25) is 14.5 Å². The van der Waals surface area contributed by atoms with Gasteiger partial charge in [0.25, 0.3) is 0 Å². The van der Waals surface area contributed by atoms with Crippen LogP contribution in [0.5, 0.6) is 0 Å². The van der Waals surface area contributed by atoms with Gasteiger partial charge in [0.1, 0.15) is 6.04 Å². The summed E-state index contributed by atoms with van der Waals surface area (Å²) < 4.78 is 5.04. The summed E-state index contributed by atoms with van der Waals surface area (Å²) in [5, 5.41) is 24.2. The van der Waals surface area contributed by atoms with Gasteiger partial charge in [-0.1, -0.05) is 31.2 Å². The standard InChI is InChI=1S/C26H36ClN5O7S.2C2H2.CH4/c1-16-9-17(5-6-20(16)27)10-22(33)31-14-18(12-28-25(40)29-21(24(36)37)11-23(34)35)32(26(38)39-2)15-19(31)13-30-7-3-4-8-30;2*1-2;/h5-6,9,18-19,21H,3-4,7-8,10-15H2,1-2H3,(H,34,35)(H,36,37)(H2,28,29,40);2*1-2H;1H4/t18-,19-,21+;;;/m1.../s1. The van der Waals surface area contributed by atoms with Gasteiger partial charge in [0, 0.05) is 31.2 Å². The van der Waals surface area contributed by atoms with Crippen LogP contribution in [0.25, 0.3) is 0 Å². The van der Waals surface area contributed by atoms with Crippen LogP contribution < -0.4 is 10.6 Å². The van der Waals surface area contributed by atoms with E-state index >= 15 is 0 Å². The predicted octanol–water partition coefficient (Wildman–Crippen LogP) is 2.46. The van der Waals surface area contributed by atoms with Gasteiger partial charge in [0.05, 0.1) is 32.0 Å². The Bertz CT molecular complexity index is 1200. The molecule has 0 bridgehead atoms. The number of piperazine rings is 1. The van der Waals surface area contributed by atoms with Crippen molar-refractivity contribution in [3.63, 3.8) is 0 Å². The van der Waals surface area contributed by atoms with E-state index in [9.17, 15) is 24.3 Å². The number of thiocarbonyl (C=S) groups is 1. The fourth-order valence-electron chi connectivity index (χ4n) is 5.08. The van der Waals surface area contributed by atoms with Crippen molar-refractivity contribution in [1.29, 1.82) is 0 Å². The van der Waals surface area contributed by atoms with E-state index in [-0.39, 0.29) is 50.5 Å². The monoisotopic (exact) mass is 665 g/mol. The van der Waals surface area contributed by atoms with Crippen molar-refractivity contribution < 1.29 is 34.1 Å². The lowest BCUT2D eigenvalue weighted by Gasteiger charge is -2.46. The molecule has 14 heteroatoms. The second-order valence-electron chi connectivity index (χ2n) is 10.1. The summed E-state index contributed by atoms with van der Waals surface area (Å²) in [6.45, 7) is 4.89. The van der Waals surface area contributed by atoms with Crippen LogP contribution in [0, 0.1) is 32.6 Å². The third-order valence-corrected chi connectivity index (χ3v) is 7.84. The van der Waals surface area contributed by atoms with Gasteiger partial charge in [0.15, 0.2) is 5.11 Å². The normalized spacial score (nSPS) is 17.9. The van der Waals surface area contributed by atoms with E-state index < -0.39 is 36.5 Å². The summed E-state index contributed by atoms with van der Waals surface area (Å²) in [7, 11) is 1.29. The number of ether oxygens (including phenoxy) is 1. The number of benzene rings is 1. The Balaban J connectivity index is 0.00000372. The Hall–Kier alpha value is -4.04. The Labute approximate surface area is 276 Å². The van der Waals surface area contributed by atoms with E-state index in [2.05, 4.69) is 41.2 Å². The Kier molecular flexibility index (Phi) is 19.0. The van der Waals surface area contributed by atoms with Gasteiger partial charge in [0.2, 0.25) is 5.91 Å². The maximum atomic E-state index is 13.7.